The van der Waals surface area contributed by atoms with Crippen molar-refractivity contribution in [3.63, 3.8) is 0 Å². The molecule has 0 amide bonds. The molecule has 0 unspecified atom stereocenters. The van der Waals surface area contributed by atoms with E-state index in [4.69, 9.17) is 0 Å². The minimum atomic E-state index is 1.06. The second kappa shape index (κ2) is 3.79. The van der Waals surface area contributed by atoms with Gasteiger partial charge in [-0.15, -0.1) is 24.0 Å². The molecule has 0 saturated carbocycles. The molecule has 2 rings (SSSR count). The molecule has 2 aromatic rings. The van der Waals surface area contributed by atoms with Crippen LogP contribution < -0.4 is 0 Å². The van der Waals surface area contributed by atoms with Crippen molar-refractivity contribution in [2.45, 2.75) is 18.2 Å². The molecular formula is C10H9IS2. The maximum Gasteiger partial charge on any atom is 0.0386 e. The van der Waals surface area contributed by atoms with E-state index in [1.807, 2.05) is 11.3 Å². The van der Waals surface area contributed by atoms with Gasteiger partial charge < -0.3 is 0 Å². The zero-order valence-corrected chi connectivity index (χ0v) is 11.0. The predicted octanol–water partition coefficient (Wildman–Crippen LogP) is 4.36. The zero-order chi connectivity index (χ0) is 9.42. The van der Waals surface area contributed by atoms with Crippen molar-refractivity contribution in [1.82, 2.24) is 0 Å². The summed E-state index contributed by atoms with van der Waals surface area (Å²) in [6.45, 7) is 2.18. The SMILES string of the molecule is CCc1c(S)c(I)cc2ccsc12. The van der Waals surface area contributed by atoms with E-state index in [1.165, 1.54) is 19.2 Å². The molecule has 0 atom stereocenters. The highest BCUT2D eigenvalue weighted by atomic mass is 127. The molecule has 0 fully saturated rings. The van der Waals surface area contributed by atoms with Crippen molar-refractivity contribution in [1.29, 1.82) is 0 Å². The summed E-state index contributed by atoms with van der Waals surface area (Å²) < 4.78 is 2.65. The highest BCUT2D eigenvalue weighted by Crippen LogP contribution is 2.33. The zero-order valence-electron chi connectivity index (χ0n) is 7.17. The Hall–Kier alpha value is 0.260. The number of thiophene rings is 1. The van der Waals surface area contributed by atoms with E-state index in [-0.39, 0.29) is 0 Å². The first-order chi connectivity index (χ1) is 6.24. The maximum atomic E-state index is 4.54. The minimum absolute atomic E-state index is 1.06. The summed E-state index contributed by atoms with van der Waals surface area (Å²) >= 11 is 8.70. The maximum absolute atomic E-state index is 4.54. The Kier molecular flexibility index (Phi) is 2.86. The molecular weight excluding hydrogens is 311 g/mol. The van der Waals surface area contributed by atoms with Crippen LogP contribution in [0.25, 0.3) is 10.1 Å². The van der Waals surface area contributed by atoms with Gasteiger partial charge in [0.05, 0.1) is 0 Å². The fourth-order valence-electron chi connectivity index (χ4n) is 1.46. The van der Waals surface area contributed by atoms with Crippen molar-refractivity contribution in [2.24, 2.45) is 0 Å². The van der Waals surface area contributed by atoms with Crippen LogP contribution >= 0.6 is 46.6 Å². The molecule has 0 aliphatic heterocycles. The number of aryl methyl sites for hydroxylation is 1. The van der Waals surface area contributed by atoms with Gasteiger partial charge in [-0.3, -0.25) is 0 Å². The van der Waals surface area contributed by atoms with Gasteiger partial charge in [-0.05, 0) is 57.5 Å². The third-order valence-corrected chi connectivity index (χ3v) is 4.90. The number of rotatable bonds is 1. The van der Waals surface area contributed by atoms with E-state index in [0.29, 0.717) is 0 Å². The molecule has 0 aliphatic carbocycles. The first kappa shape index (κ1) is 9.80. The standard InChI is InChI=1S/C10H9IS2/c1-2-7-9(12)8(11)5-6-3-4-13-10(6)7/h3-5,12H,2H2,1H3. The Morgan fingerprint density at radius 3 is 3.00 bits per heavy atom. The van der Waals surface area contributed by atoms with Crippen LogP contribution in [0.1, 0.15) is 12.5 Å². The fraction of sp³-hybridized carbons (Fsp3) is 0.200. The number of benzene rings is 1. The molecule has 3 heteroatoms. The van der Waals surface area contributed by atoms with Crippen LogP contribution in [0.5, 0.6) is 0 Å². The Balaban J connectivity index is 2.87. The lowest BCUT2D eigenvalue weighted by molar-refractivity contribution is 1.10. The number of hydrogen-bond acceptors (Lipinski definition) is 2. The van der Waals surface area contributed by atoms with Crippen LogP contribution in [0.4, 0.5) is 0 Å². The first-order valence-electron chi connectivity index (χ1n) is 4.11. The van der Waals surface area contributed by atoms with Gasteiger partial charge in [-0.25, -0.2) is 0 Å². The van der Waals surface area contributed by atoms with Crippen LogP contribution in [-0.4, -0.2) is 0 Å². The van der Waals surface area contributed by atoms with Crippen molar-refractivity contribution >= 4 is 56.6 Å². The van der Waals surface area contributed by atoms with Gasteiger partial charge >= 0.3 is 0 Å². The van der Waals surface area contributed by atoms with E-state index in [0.717, 1.165) is 11.3 Å². The van der Waals surface area contributed by atoms with Crippen molar-refractivity contribution < 1.29 is 0 Å². The van der Waals surface area contributed by atoms with Crippen LogP contribution in [0, 0.1) is 3.57 Å². The van der Waals surface area contributed by atoms with E-state index in [2.05, 4.69) is 59.7 Å². The average Bonchev–Trinajstić information content (AvgIpc) is 2.54. The first-order valence-corrected chi connectivity index (χ1v) is 6.52. The molecule has 0 saturated heterocycles. The number of thiol groups is 1. The van der Waals surface area contributed by atoms with Gasteiger partial charge in [0.2, 0.25) is 0 Å². The third-order valence-electron chi connectivity index (χ3n) is 2.12. The van der Waals surface area contributed by atoms with Gasteiger partial charge in [0.25, 0.3) is 0 Å². The molecule has 0 aliphatic rings. The van der Waals surface area contributed by atoms with Crippen LogP contribution in [-0.2, 0) is 6.42 Å². The van der Waals surface area contributed by atoms with Gasteiger partial charge in [0, 0.05) is 13.2 Å². The summed E-state index contributed by atoms with van der Waals surface area (Å²) in [6, 6.07) is 4.38. The van der Waals surface area contributed by atoms with Crippen LogP contribution in [0.3, 0.4) is 0 Å². The molecule has 0 nitrogen and oxygen atoms in total. The van der Waals surface area contributed by atoms with Gasteiger partial charge in [-0.1, -0.05) is 6.92 Å². The summed E-state index contributed by atoms with van der Waals surface area (Å²) in [4.78, 5) is 1.15. The molecule has 0 radical (unpaired) electrons. The van der Waals surface area contributed by atoms with Crippen LogP contribution in [0.15, 0.2) is 22.4 Å². The van der Waals surface area contributed by atoms with Crippen molar-refractivity contribution in [3.8, 4) is 0 Å². The molecule has 0 bridgehead atoms. The molecule has 1 aromatic heterocycles. The molecule has 0 N–H and O–H groups in total. The largest absolute Gasteiger partial charge is 0.143 e. The Labute approximate surface area is 101 Å². The Morgan fingerprint density at radius 1 is 1.54 bits per heavy atom. The number of halogens is 1. The van der Waals surface area contributed by atoms with E-state index >= 15 is 0 Å². The lowest BCUT2D eigenvalue weighted by Gasteiger charge is -2.05. The number of hydrogen-bond donors (Lipinski definition) is 1. The second-order valence-corrected chi connectivity index (χ2v) is 5.40. The van der Waals surface area contributed by atoms with Gasteiger partial charge in [0.15, 0.2) is 0 Å². The van der Waals surface area contributed by atoms with Crippen molar-refractivity contribution in [2.75, 3.05) is 0 Å². The van der Waals surface area contributed by atoms with Crippen LogP contribution in [0.2, 0.25) is 0 Å². The third kappa shape index (κ3) is 1.62. The Morgan fingerprint density at radius 2 is 2.31 bits per heavy atom. The summed E-state index contributed by atoms with van der Waals surface area (Å²) in [5.41, 5.74) is 1.39. The van der Waals surface area contributed by atoms with Gasteiger partial charge in [0.1, 0.15) is 0 Å². The highest BCUT2D eigenvalue weighted by molar-refractivity contribution is 14.1. The summed E-state index contributed by atoms with van der Waals surface area (Å²) in [7, 11) is 0. The smallest absolute Gasteiger partial charge is 0.0386 e. The second-order valence-electron chi connectivity index (χ2n) is 2.88. The quantitative estimate of drug-likeness (QED) is 0.586. The highest BCUT2D eigenvalue weighted by Gasteiger charge is 2.08. The summed E-state index contributed by atoms with van der Waals surface area (Å²) in [5.74, 6) is 0. The molecule has 1 heterocycles. The monoisotopic (exact) mass is 320 g/mol. The van der Waals surface area contributed by atoms with E-state index in [1.54, 1.807) is 0 Å². The average molecular weight is 320 g/mol. The summed E-state index contributed by atoms with van der Waals surface area (Å²) in [5, 5.41) is 3.50. The normalized spacial score (nSPS) is 11.0. The summed E-state index contributed by atoms with van der Waals surface area (Å²) in [6.07, 6.45) is 1.06. The molecule has 1 aromatic carbocycles. The van der Waals surface area contributed by atoms with Gasteiger partial charge in [-0.2, -0.15) is 0 Å². The number of fused-ring (bicyclic) bond motifs is 1. The molecule has 68 valence electrons. The Bertz CT molecular complexity index is 445. The molecule has 13 heavy (non-hydrogen) atoms. The minimum Gasteiger partial charge on any atom is -0.143 e. The predicted molar refractivity (Wildman–Crippen MR) is 71.2 cm³/mol. The van der Waals surface area contributed by atoms with E-state index in [9.17, 15) is 0 Å². The lowest BCUT2D eigenvalue weighted by Crippen LogP contribution is -1.86. The molecule has 0 spiro atoms. The van der Waals surface area contributed by atoms with Crippen molar-refractivity contribution in [3.05, 3.63) is 26.6 Å². The van der Waals surface area contributed by atoms with E-state index < -0.39 is 0 Å². The topological polar surface area (TPSA) is 0 Å². The fourth-order valence-corrected chi connectivity index (χ4v) is 3.54. The lowest BCUT2D eigenvalue weighted by atomic mass is 10.1.